The number of hydrogen-bond donors (Lipinski definition) is 0. The molecule has 226 valence electrons. The van der Waals surface area contributed by atoms with Crippen molar-refractivity contribution < 1.29 is 59.8 Å². The van der Waals surface area contributed by atoms with Crippen LogP contribution in [0.3, 0.4) is 0 Å². The van der Waals surface area contributed by atoms with E-state index in [0.29, 0.717) is 10.0 Å². The van der Waals surface area contributed by atoms with Crippen molar-refractivity contribution in [1.29, 1.82) is 0 Å². The molecule has 0 saturated carbocycles. The van der Waals surface area contributed by atoms with Gasteiger partial charge in [0.1, 0.15) is 12.0 Å². The van der Waals surface area contributed by atoms with E-state index < -0.39 is 77.9 Å². The first-order valence-corrected chi connectivity index (χ1v) is 12.6. The van der Waals surface area contributed by atoms with Gasteiger partial charge in [0.2, 0.25) is 11.5 Å². The van der Waals surface area contributed by atoms with Gasteiger partial charge < -0.3 is 9.47 Å². The number of ether oxygens (including phenoxy) is 2. The molecule has 9 nitrogen and oxygen atoms in total. The summed E-state index contributed by atoms with van der Waals surface area (Å²) in [5.74, 6) is -11.7. The number of ketones is 2. The molecule has 4 unspecified atom stereocenters. The van der Waals surface area contributed by atoms with E-state index in [0.717, 1.165) is 6.08 Å². The topological polar surface area (TPSA) is 110 Å². The Bertz CT molecular complexity index is 1540. The summed E-state index contributed by atoms with van der Waals surface area (Å²) < 4.78 is 90.4. The predicted molar refractivity (Wildman–Crippen MR) is 130 cm³/mol. The van der Waals surface area contributed by atoms with E-state index in [4.69, 9.17) is 4.74 Å². The molecule has 2 fully saturated rings. The van der Waals surface area contributed by atoms with Crippen LogP contribution < -0.4 is 0 Å². The minimum atomic E-state index is -5.64. The van der Waals surface area contributed by atoms with Gasteiger partial charge >= 0.3 is 24.3 Å². The average Bonchev–Trinajstić information content (AvgIpc) is 3.25. The van der Waals surface area contributed by atoms with Crippen molar-refractivity contribution in [2.75, 3.05) is 0 Å². The number of esters is 2. The number of alkyl halides is 6. The molecule has 2 bridgehead atoms. The van der Waals surface area contributed by atoms with Gasteiger partial charge in [0.25, 0.3) is 11.5 Å². The Morgan fingerprint density at radius 1 is 0.791 bits per heavy atom. The second kappa shape index (κ2) is 9.95. The van der Waals surface area contributed by atoms with Crippen molar-refractivity contribution in [3.8, 4) is 0 Å². The van der Waals surface area contributed by atoms with Crippen LogP contribution >= 0.6 is 0 Å². The minimum Gasteiger partial charge on any atom is -0.434 e. The fourth-order valence-corrected chi connectivity index (χ4v) is 5.86. The summed E-state index contributed by atoms with van der Waals surface area (Å²) in [6.45, 7) is 1.17. The fourth-order valence-electron chi connectivity index (χ4n) is 5.86. The van der Waals surface area contributed by atoms with E-state index in [-0.39, 0.29) is 16.8 Å². The Morgan fingerprint density at radius 3 is 1.79 bits per heavy atom. The summed E-state index contributed by atoms with van der Waals surface area (Å²) in [6, 6.07) is 12.4. The maximum absolute atomic E-state index is 14.1. The lowest BCUT2D eigenvalue weighted by molar-refractivity contribution is -0.243. The smallest absolute Gasteiger partial charge is 0.434 e. The van der Waals surface area contributed by atoms with Crippen molar-refractivity contribution in [3.05, 3.63) is 83.6 Å². The summed E-state index contributed by atoms with van der Waals surface area (Å²) >= 11 is 0. The van der Waals surface area contributed by atoms with Crippen molar-refractivity contribution in [3.63, 3.8) is 0 Å². The monoisotopic (exact) mass is 610 g/mol. The van der Waals surface area contributed by atoms with E-state index in [1.807, 2.05) is 0 Å². The zero-order valence-corrected chi connectivity index (χ0v) is 21.9. The molecule has 2 aromatic rings. The number of rotatable bonds is 6. The molecule has 3 heterocycles. The summed E-state index contributed by atoms with van der Waals surface area (Å²) in [5, 5.41) is 1.18. The second-order valence-electron chi connectivity index (χ2n) is 10.2. The minimum absolute atomic E-state index is 0.0955. The van der Waals surface area contributed by atoms with Gasteiger partial charge in [-0.05, 0) is 18.1 Å². The molecule has 15 heteroatoms. The van der Waals surface area contributed by atoms with Crippen LogP contribution in [0.1, 0.15) is 18.1 Å². The van der Waals surface area contributed by atoms with Crippen LogP contribution in [0.15, 0.2) is 72.4 Å². The standard InChI is InChI=1S/C28H20F6N2O7/c1-15-12-18(37)19-20-21(38)25(42-23(40)27(29,30)31,13-16-8-4-2-5-9-16)22(39)35(20)36(15)26(19,43-24(41)28(32,33)34)14-17-10-6-3-7-11-17/h2-12,19-20H,13-14H2,1H3. The third-order valence-electron chi connectivity index (χ3n) is 7.45. The molecule has 5 rings (SSSR count). The van der Waals surface area contributed by atoms with E-state index in [1.165, 1.54) is 61.5 Å². The molecule has 0 radical (unpaired) electrons. The average molecular weight is 610 g/mol. The Morgan fingerprint density at radius 2 is 1.28 bits per heavy atom. The van der Waals surface area contributed by atoms with Gasteiger partial charge in [-0.3, -0.25) is 14.4 Å². The number of carbonyl (C=O) groups is 5. The van der Waals surface area contributed by atoms with Gasteiger partial charge in [-0.25, -0.2) is 19.6 Å². The molecular weight excluding hydrogens is 590 g/mol. The molecule has 0 aliphatic carbocycles. The van der Waals surface area contributed by atoms with Gasteiger partial charge in [-0.1, -0.05) is 60.7 Å². The molecule has 43 heavy (non-hydrogen) atoms. The molecule has 4 atom stereocenters. The number of amides is 1. The number of Topliss-reactive ketones (excluding diaryl/α,β-unsaturated/α-hetero) is 1. The molecule has 0 N–H and O–H groups in total. The third kappa shape index (κ3) is 4.72. The van der Waals surface area contributed by atoms with Gasteiger partial charge in [-0.15, -0.1) is 0 Å². The summed E-state index contributed by atoms with van der Waals surface area (Å²) in [7, 11) is 0. The van der Waals surface area contributed by atoms with Gasteiger partial charge in [-0.2, -0.15) is 26.3 Å². The zero-order valence-electron chi connectivity index (χ0n) is 21.9. The first-order valence-electron chi connectivity index (χ1n) is 12.6. The Hall–Kier alpha value is -4.69. The van der Waals surface area contributed by atoms with Crippen LogP contribution in [0.2, 0.25) is 0 Å². The Kier molecular flexibility index (Phi) is 6.89. The van der Waals surface area contributed by atoms with E-state index in [2.05, 4.69) is 4.74 Å². The van der Waals surface area contributed by atoms with Crippen molar-refractivity contribution in [2.45, 2.75) is 49.5 Å². The molecule has 2 saturated heterocycles. The number of halogens is 6. The van der Waals surface area contributed by atoms with Crippen LogP contribution in [0.4, 0.5) is 26.3 Å². The molecule has 0 aromatic heterocycles. The van der Waals surface area contributed by atoms with E-state index >= 15 is 0 Å². The van der Waals surface area contributed by atoms with Crippen molar-refractivity contribution >= 4 is 29.4 Å². The lowest BCUT2D eigenvalue weighted by atomic mass is 9.76. The van der Waals surface area contributed by atoms with Crippen molar-refractivity contribution in [1.82, 2.24) is 10.0 Å². The van der Waals surface area contributed by atoms with E-state index in [1.54, 1.807) is 6.07 Å². The molecule has 1 amide bonds. The van der Waals surface area contributed by atoms with E-state index in [9.17, 15) is 50.3 Å². The normalized spacial score (nSPS) is 26.8. The fraction of sp³-hybridized carbons (Fsp3) is 0.321. The second-order valence-corrected chi connectivity index (χ2v) is 10.2. The maximum Gasteiger partial charge on any atom is 0.491 e. The van der Waals surface area contributed by atoms with Crippen LogP contribution in [-0.4, -0.2) is 69.2 Å². The number of nitrogens with zero attached hydrogens (tertiary/aromatic N) is 2. The van der Waals surface area contributed by atoms with Gasteiger partial charge in [0, 0.05) is 24.6 Å². The molecule has 3 aliphatic rings. The lowest BCUT2D eigenvalue weighted by Gasteiger charge is -2.46. The SMILES string of the molecule is CC1=CC(=O)C2C3C(=O)C(Cc4ccccc4)(OC(=O)C(F)(F)F)C(=O)N3N1C2(Cc1ccccc1)OC(=O)C(F)(F)F. The predicted octanol–water partition coefficient (Wildman–Crippen LogP) is 3.23. The molecular formula is C28H20F6N2O7. The van der Waals surface area contributed by atoms with Gasteiger partial charge in [0.05, 0.1) is 0 Å². The first kappa shape index (κ1) is 29.8. The number of hydrazine groups is 1. The van der Waals surface area contributed by atoms with Crippen LogP contribution in [0.5, 0.6) is 0 Å². The number of hydrogen-bond acceptors (Lipinski definition) is 8. The van der Waals surface area contributed by atoms with Crippen LogP contribution in [0, 0.1) is 5.92 Å². The third-order valence-corrected chi connectivity index (χ3v) is 7.45. The Labute approximate surface area is 238 Å². The van der Waals surface area contributed by atoms with Crippen molar-refractivity contribution in [2.24, 2.45) is 5.92 Å². The maximum atomic E-state index is 14.1. The number of allylic oxidation sites excluding steroid dienone is 2. The molecule has 3 aliphatic heterocycles. The number of benzene rings is 2. The van der Waals surface area contributed by atoms with Gasteiger partial charge in [0.15, 0.2) is 5.78 Å². The van der Waals surface area contributed by atoms with Crippen LogP contribution in [-0.2, 0) is 46.3 Å². The highest BCUT2D eigenvalue weighted by Gasteiger charge is 2.78. The Balaban J connectivity index is 1.70. The highest BCUT2D eigenvalue weighted by atomic mass is 19.4. The highest BCUT2D eigenvalue weighted by Crippen LogP contribution is 2.54. The lowest BCUT2D eigenvalue weighted by Crippen LogP contribution is -2.63. The largest absolute Gasteiger partial charge is 0.491 e. The summed E-state index contributed by atoms with van der Waals surface area (Å²) in [6.07, 6.45) is -11.8. The van der Waals surface area contributed by atoms with Crippen LogP contribution in [0.25, 0.3) is 0 Å². The number of fused-ring (bicyclic) bond motifs is 5. The molecule has 2 aromatic carbocycles. The zero-order chi connectivity index (χ0) is 31.5. The number of carbonyl (C=O) groups excluding carboxylic acids is 5. The highest BCUT2D eigenvalue weighted by molar-refractivity contribution is 6.21. The molecule has 0 spiro atoms. The first-order chi connectivity index (χ1) is 20.0. The summed E-state index contributed by atoms with van der Waals surface area (Å²) in [5.41, 5.74) is -5.73. The summed E-state index contributed by atoms with van der Waals surface area (Å²) in [4.78, 5) is 66.1. The quantitative estimate of drug-likeness (QED) is 0.279.